The van der Waals surface area contributed by atoms with Crippen molar-refractivity contribution in [3.05, 3.63) is 0 Å². The van der Waals surface area contributed by atoms with Crippen molar-refractivity contribution >= 4 is 5.78 Å². The van der Waals surface area contributed by atoms with Crippen LogP contribution in [0.2, 0.25) is 0 Å². The summed E-state index contributed by atoms with van der Waals surface area (Å²) >= 11 is 0. The molecule has 0 bridgehead atoms. The average molecular weight is 131 g/mol. The topological polar surface area (TPSA) is 29.1 Å². The molecule has 1 atom stereocenters. The van der Waals surface area contributed by atoms with E-state index < -0.39 is 6.67 Å². The number of carbonyl (C=O) groups is 1. The number of carbonyl (C=O) groups excluding carboxylic acids is 1. The fourth-order valence-electron chi connectivity index (χ4n) is 1.05. The van der Waals surface area contributed by atoms with Crippen LogP contribution >= 0.6 is 0 Å². The van der Waals surface area contributed by atoms with Gasteiger partial charge in [0.25, 0.3) is 0 Å². The number of ketones is 1. The van der Waals surface area contributed by atoms with Crippen LogP contribution < -0.4 is 5.32 Å². The SMILES string of the molecule is O=C(CF)[C@H]1CCCN1. The number of nitrogens with one attached hydrogen (secondary N) is 1. The van der Waals surface area contributed by atoms with E-state index in [9.17, 15) is 9.18 Å². The first kappa shape index (κ1) is 6.68. The van der Waals surface area contributed by atoms with E-state index >= 15 is 0 Å². The van der Waals surface area contributed by atoms with E-state index in [0.29, 0.717) is 0 Å². The lowest BCUT2D eigenvalue weighted by atomic mass is 10.1. The first-order valence-electron chi connectivity index (χ1n) is 3.16. The van der Waals surface area contributed by atoms with E-state index in [0.717, 1.165) is 19.4 Å². The number of hydrogen-bond donors (Lipinski definition) is 1. The molecule has 0 aromatic carbocycles. The fourth-order valence-corrected chi connectivity index (χ4v) is 1.05. The molecule has 0 aromatic rings. The molecule has 1 N–H and O–H groups in total. The van der Waals surface area contributed by atoms with Crippen LogP contribution in [0.4, 0.5) is 4.39 Å². The zero-order valence-corrected chi connectivity index (χ0v) is 5.19. The molecule has 0 aliphatic carbocycles. The van der Waals surface area contributed by atoms with Gasteiger partial charge in [0.05, 0.1) is 6.04 Å². The number of rotatable bonds is 2. The summed E-state index contributed by atoms with van der Waals surface area (Å²) in [5, 5.41) is 2.92. The van der Waals surface area contributed by atoms with Gasteiger partial charge >= 0.3 is 0 Å². The van der Waals surface area contributed by atoms with E-state index in [2.05, 4.69) is 5.32 Å². The Morgan fingerprint density at radius 1 is 1.78 bits per heavy atom. The minimum absolute atomic E-state index is 0.185. The van der Waals surface area contributed by atoms with Gasteiger partial charge in [0.15, 0.2) is 5.78 Å². The van der Waals surface area contributed by atoms with E-state index in [1.54, 1.807) is 0 Å². The Kier molecular flexibility index (Phi) is 2.16. The monoisotopic (exact) mass is 131 g/mol. The number of alkyl halides is 1. The van der Waals surface area contributed by atoms with Crippen molar-refractivity contribution in [3.8, 4) is 0 Å². The predicted molar refractivity (Wildman–Crippen MR) is 32.0 cm³/mol. The van der Waals surface area contributed by atoms with Gasteiger partial charge in [0.1, 0.15) is 6.67 Å². The van der Waals surface area contributed by atoms with Crippen LogP contribution in [0, 0.1) is 0 Å². The second kappa shape index (κ2) is 2.92. The predicted octanol–water partition coefficient (Wildman–Crippen LogP) is 0.277. The second-order valence-electron chi connectivity index (χ2n) is 2.25. The Labute approximate surface area is 53.4 Å². The van der Waals surface area contributed by atoms with Gasteiger partial charge in [-0.15, -0.1) is 0 Å². The van der Waals surface area contributed by atoms with E-state index in [1.165, 1.54) is 0 Å². The molecule has 0 amide bonds. The molecule has 0 saturated carbocycles. The Morgan fingerprint density at radius 3 is 3.00 bits per heavy atom. The largest absolute Gasteiger partial charge is 0.307 e. The second-order valence-corrected chi connectivity index (χ2v) is 2.25. The smallest absolute Gasteiger partial charge is 0.180 e. The van der Waals surface area contributed by atoms with E-state index in [-0.39, 0.29) is 11.8 Å². The van der Waals surface area contributed by atoms with Gasteiger partial charge in [-0.3, -0.25) is 4.79 Å². The average Bonchev–Trinajstić information content (AvgIpc) is 2.37. The molecule has 0 radical (unpaired) electrons. The Balaban J connectivity index is 2.32. The van der Waals surface area contributed by atoms with Crippen molar-refractivity contribution < 1.29 is 9.18 Å². The molecule has 1 rings (SSSR count). The van der Waals surface area contributed by atoms with E-state index in [1.807, 2.05) is 0 Å². The maximum atomic E-state index is 11.6. The Bertz CT molecular complexity index is 110. The summed E-state index contributed by atoms with van der Waals surface area (Å²) in [5.74, 6) is -0.299. The zero-order chi connectivity index (χ0) is 6.69. The first-order valence-corrected chi connectivity index (χ1v) is 3.16. The lowest BCUT2D eigenvalue weighted by Gasteiger charge is -2.03. The lowest BCUT2D eigenvalue weighted by molar-refractivity contribution is -0.121. The first-order chi connectivity index (χ1) is 4.34. The van der Waals surface area contributed by atoms with Gasteiger partial charge in [0, 0.05) is 0 Å². The van der Waals surface area contributed by atoms with Gasteiger partial charge in [-0.25, -0.2) is 4.39 Å². The minimum atomic E-state index is -0.822. The Hall–Kier alpha value is -0.440. The van der Waals surface area contributed by atoms with Crippen LogP contribution in [-0.2, 0) is 4.79 Å². The normalized spacial score (nSPS) is 26.6. The molecule has 1 saturated heterocycles. The van der Waals surface area contributed by atoms with Gasteiger partial charge in [0.2, 0.25) is 0 Å². The van der Waals surface area contributed by atoms with Crippen molar-refractivity contribution in [2.75, 3.05) is 13.2 Å². The molecule has 1 fully saturated rings. The van der Waals surface area contributed by atoms with Gasteiger partial charge in [-0.2, -0.15) is 0 Å². The molecule has 0 aromatic heterocycles. The number of halogens is 1. The number of hydrogen-bond acceptors (Lipinski definition) is 2. The summed E-state index contributed by atoms with van der Waals surface area (Å²) in [5.41, 5.74) is 0. The quantitative estimate of drug-likeness (QED) is 0.583. The standard InChI is InChI=1S/C6H10FNO/c7-4-6(9)5-2-1-3-8-5/h5,8H,1-4H2/t5-/m1/s1. The van der Waals surface area contributed by atoms with Crippen LogP contribution in [-0.4, -0.2) is 25.0 Å². The molecule has 9 heavy (non-hydrogen) atoms. The highest BCUT2D eigenvalue weighted by Crippen LogP contribution is 2.05. The highest BCUT2D eigenvalue weighted by atomic mass is 19.1. The summed E-state index contributed by atoms with van der Waals surface area (Å²) < 4.78 is 11.6. The molecule has 1 aliphatic rings. The number of Topliss-reactive ketones (excluding diaryl/α,β-unsaturated/α-hetero) is 1. The summed E-state index contributed by atoms with van der Waals surface area (Å²) in [6, 6.07) is -0.185. The van der Waals surface area contributed by atoms with Crippen LogP contribution in [0.1, 0.15) is 12.8 Å². The van der Waals surface area contributed by atoms with Gasteiger partial charge in [-0.05, 0) is 19.4 Å². The van der Waals surface area contributed by atoms with Crippen molar-refractivity contribution in [1.82, 2.24) is 5.32 Å². The molecule has 1 heterocycles. The summed E-state index contributed by atoms with van der Waals surface area (Å²) in [7, 11) is 0. The molecular formula is C6H10FNO. The van der Waals surface area contributed by atoms with Gasteiger partial charge < -0.3 is 5.32 Å². The molecule has 0 unspecified atom stereocenters. The van der Waals surface area contributed by atoms with Crippen molar-refractivity contribution in [3.63, 3.8) is 0 Å². The molecule has 3 heteroatoms. The fraction of sp³-hybridized carbons (Fsp3) is 0.833. The molecule has 1 aliphatic heterocycles. The van der Waals surface area contributed by atoms with Crippen molar-refractivity contribution in [1.29, 1.82) is 0 Å². The molecular weight excluding hydrogens is 121 g/mol. The Morgan fingerprint density at radius 2 is 2.56 bits per heavy atom. The highest BCUT2D eigenvalue weighted by Gasteiger charge is 2.20. The molecule has 0 spiro atoms. The maximum Gasteiger partial charge on any atom is 0.180 e. The third kappa shape index (κ3) is 1.48. The third-order valence-electron chi connectivity index (χ3n) is 1.58. The van der Waals surface area contributed by atoms with Crippen LogP contribution in [0.25, 0.3) is 0 Å². The van der Waals surface area contributed by atoms with Crippen LogP contribution in [0.3, 0.4) is 0 Å². The maximum absolute atomic E-state index is 11.6. The summed E-state index contributed by atoms with van der Waals surface area (Å²) in [6.07, 6.45) is 1.80. The summed E-state index contributed by atoms with van der Waals surface area (Å²) in [6.45, 7) is 0.0358. The van der Waals surface area contributed by atoms with Crippen molar-refractivity contribution in [2.45, 2.75) is 18.9 Å². The summed E-state index contributed by atoms with van der Waals surface area (Å²) in [4.78, 5) is 10.6. The highest BCUT2D eigenvalue weighted by molar-refractivity contribution is 5.85. The van der Waals surface area contributed by atoms with Crippen LogP contribution in [0.5, 0.6) is 0 Å². The van der Waals surface area contributed by atoms with E-state index in [4.69, 9.17) is 0 Å². The minimum Gasteiger partial charge on any atom is -0.307 e. The third-order valence-corrected chi connectivity index (χ3v) is 1.58. The lowest BCUT2D eigenvalue weighted by Crippen LogP contribution is -2.31. The van der Waals surface area contributed by atoms with Crippen molar-refractivity contribution in [2.24, 2.45) is 0 Å². The zero-order valence-electron chi connectivity index (χ0n) is 5.19. The molecule has 2 nitrogen and oxygen atoms in total. The molecule has 52 valence electrons. The van der Waals surface area contributed by atoms with Gasteiger partial charge in [-0.1, -0.05) is 0 Å². The van der Waals surface area contributed by atoms with Crippen LogP contribution in [0.15, 0.2) is 0 Å².